The molecule has 2 aliphatic rings. The molecule has 10 heteroatoms. The van der Waals surface area contributed by atoms with Crippen LogP contribution < -0.4 is 5.32 Å². The molecule has 1 heterocycles. The Hall–Kier alpha value is -1.75. The molecule has 0 fully saturated rings. The van der Waals surface area contributed by atoms with Gasteiger partial charge in [0.25, 0.3) is 5.16 Å². The highest BCUT2D eigenvalue weighted by Gasteiger charge is 2.27. The van der Waals surface area contributed by atoms with E-state index in [-0.39, 0.29) is 17.6 Å². The zero-order valence-electron chi connectivity index (χ0n) is 20.9. The largest absolute Gasteiger partial charge is 0.385 e. The molecule has 4 rings (SSSR count). The van der Waals surface area contributed by atoms with E-state index >= 15 is 0 Å². The van der Waals surface area contributed by atoms with E-state index in [0.29, 0.717) is 25.6 Å². The van der Waals surface area contributed by atoms with E-state index in [1.165, 1.54) is 22.3 Å². The van der Waals surface area contributed by atoms with Crippen molar-refractivity contribution in [3.63, 3.8) is 0 Å². The van der Waals surface area contributed by atoms with Crippen molar-refractivity contribution >= 4 is 29.5 Å². The molecule has 1 aromatic carbocycles. The highest BCUT2D eigenvalue weighted by molar-refractivity contribution is 7.91. The number of fused-ring (bicyclic) bond motifs is 2. The molecule has 1 N–H and O–H groups in total. The molecule has 0 aliphatic heterocycles. The first kappa shape index (κ1) is 25.3. The van der Waals surface area contributed by atoms with Gasteiger partial charge in [0, 0.05) is 34.1 Å². The van der Waals surface area contributed by atoms with E-state index in [1.54, 1.807) is 11.8 Å². The van der Waals surface area contributed by atoms with Gasteiger partial charge in [-0.05, 0) is 73.2 Å². The van der Waals surface area contributed by atoms with Gasteiger partial charge in [-0.25, -0.2) is 13.1 Å². The fourth-order valence-corrected chi connectivity index (χ4v) is 6.61. The Kier molecular flexibility index (Phi) is 7.81. The van der Waals surface area contributed by atoms with Crippen molar-refractivity contribution in [1.82, 2.24) is 14.8 Å². The van der Waals surface area contributed by atoms with E-state index in [4.69, 9.17) is 9.47 Å². The lowest BCUT2D eigenvalue weighted by Gasteiger charge is -2.18. The van der Waals surface area contributed by atoms with Crippen LogP contribution in [-0.4, -0.2) is 57.3 Å². The Morgan fingerprint density at radius 1 is 1.06 bits per heavy atom. The molecule has 0 saturated heterocycles. The predicted octanol–water partition coefficient (Wildman–Crippen LogP) is 4.12. The lowest BCUT2D eigenvalue weighted by molar-refractivity contribution is 0.0792. The SMILES string of the molecule is COCCCS(=O)(=O)c1nc(Nc2c3c(cc4c2CCC4)CCC3)n(COCC[Si](C)(C)C)n1. The second kappa shape index (κ2) is 10.5. The summed E-state index contributed by atoms with van der Waals surface area (Å²) in [4.78, 5) is 4.48. The highest BCUT2D eigenvalue weighted by atomic mass is 32.2. The Morgan fingerprint density at radius 2 is 1.74 bits per heavy atom. The molecule has 0 unspecified atom stereocenters. The van der Waals surface area contributed by atoms with E-state index in [0.717, 1.165) is 50.3 Å². The number of anilines is 2. The van der Waals surface area contributed by atoms with Gasteiger partial charge in [0.05, 0.1) is 5.75 Å². The molecule has 0 saturated carbocycles. The van der Waals surface area contributed by atoms with Gasteiger partial charge in [0.2, 0.25) is 15.8 Å². The maximum atomic E-state index is 12.9. The summed E-state index contributed by atoms with van der Waals surface area (Å²) in [6, 6.07) is 3.41. The summed E-state index contributed by atoms with van der Waals surface area (Å²) >= 11 is 0. The van der Waals surface area contributed by atoms with Crippen molar-refractivity contribution < 1.29 is 17.9 Å². The monoisotopic (exact) mass is 506 g/mol. The van der Waals surface area contributed by atoms with Crippen molar-refractivity contribution in [2.24, 2.45) is 0 Å². The van der Waals surface area contributed by atoms with E-state index in [9.17, 15) is 8.42 Å². The number of sulfone groups is 1. The zero-order valence-corrected chi connectivity index (χ0v) is 22.8. The van der Waals surface area contributed by atoms with Crippen LogP contribution in [0.3, 0.4) is 0 Å². The van der Waals surface area contributed by atoms with Gasteiger partial charge < -0.3 is 14.8 Å². The lowest BCUT2D eigenvalue weighted by Crippen LogP contribution is -2.22. The van der Waals surface area contributed by atoms with Crippen molar-refractivity contribution in [2.45, 2.75) is 82.5 Å². The Balaban J connectivity index is 1.62. The van der Waals surface area contributed by atoms with Crippen LogP contribution in [0.4, 0.5) is 11.6 Å². The third kappa shape index (κ3) is 5.90. The molecule has 2 aliphatic carbocycles. The van der Waals surface area contributed by atoms with E-state index in [2.05, 4.69) is 41.1 Å². The number of hydrogen-bond acceptors (Lipinski definition) is 7. The number of aromatic nitrogens is 3. The van der Waals surface area contributed by atoms with Gasteiger partial charge in [0.15, 0.2) is 0 Å². The molecule has 1 aromatic heterocycles. The van der Waals surface area contributed by atoms with Crippen molar-refractivity contribution in [2.75, 3.05) is 31.4 Å². The molecule has 8 nitrogen and oxygen atoms in total. The molecular weight excluding hydrogens is 468 g/mol. The summed E-state index contributed by atoms with van der Waals surface area (Å²) in [5.41, 5.74) is 6.63. The number of hydrogen-bond donors (Lipinski definition) is 1. The van der Waals surface area contributed by atoms with Crippen LogP contribution in [0.25, 0.3) is 0 Å². The zero-order chi connectivity index (χ0) is 24.3. The maximum absolute atomic E-state index is 12.9. The molecule has 2 aromatic rings. The van der Waals surface area contributed by atoms with Crippen LogP contribution in [0.2, 0.25) is 25.7 Å². The number of methoxy groups -OCH3 is 1. The fraction of sp³-hybridized carbons (Fsp3) is 0.667. The lowest BCUT2D eigenvalue weighted by atomic mass is 9.99. The first-order chi connectivity index (χ1) is 16.2. The number of rotatable bonds is 12. The molecule has 188 valence electrons. The third-order valence-corrected chi connectivity index (χ3v) is 9.87. The van der Waals surface area contributed by atoms with E-state index < -0.39 is 17.9 Å². The minimum atomic E-state index is -3.62. The fourth-order valence-electron chi connectivity index (χ4n) is 4.73. The summed E-state index contributed by atoms with van der Waals surface area (Å²) in [5, 5.41) is 7.75. The minimum Gasteiger partial charge on any atom is -0.385 e. The molecule has 0 atom stereocenters. The quantitative estimate of drug-likeness (QED) is 0.342. The van der Waals surface area contributed by atoms with Crippen LogP contribution in [0.15, 0.2) is 11.2 Å². The smallest absolute Gasteiger partial charge is 0.268 e. The summed E-state index contributed by atoms with van der Waals surface area (Å²) in [6.45, 7) is 8.10. The number of aryl methyl sites for hydroxylation is 2. The second-order valence-corrected chi connectivity index (χ2v) is 18.2. The summed E-state index contributed by atoms with van der Waals surface area (Å²) in [6.07, 6.45) is 6.98. The number of nitrogens with zero attached hydrogens (tertiary/aromatic N) is 3. The molecule has 0 spiro atoms. The summed E-state index contributed by atoms with van der Waals surface area (Å²) in [5.74, 6) is 0.393. The Bertz CT molecular complexity index is 1090. The second-order valence-electron chi connectivity index (χ2n) is 10.6. The normalized spacial score (nSPS) is 15.5. The average Bonchev–Trinajstić information content (AvgIpc) is 3.50. The number of nitrogens with one attached hydrogen (secondary N) is 1. The topological polar surface area (TPSA) is 95.3 Å². The first-order valence-corrected chi connectivity index (χ1v) is 17.7. The van der Waals surface area contributed by atoms with Crippen molar-refractivity contribution in [1.29, 1.82) is 0 Å². The van der Waals surface area contributed by atoms with Crippen LogP contribution in [0.5, 0.6) is 0 Å². The third-order valence-electron chi connectivity index (χ3n) is 6.61. The first-order valence-electron chi connectivity index (χ1n) is 12.4. The standard InChI is InChI=1S/C24H38N4O4SSi/c1-31-12-7-14-33(29,30)24-26-23(28(27-24)17-32-13-15-34(2,3)4)25-22-20-10-5-8-18(20)16-19-9-6-11-21(19)22/h16H,5-15,17H2,1-4H3,(H,25,26,27). The molecule has 0 bridgehead atoms. The molecular formula is C24H38N4O4SSi. The van der Waals surface area contributed by atoms with Gasteiger partial charge in [-0.1, -0.05) is 25.7 Å². The summed E-state index contributed by atoms with van der Waals surface area (Å²) < 4.78 is 38.3. The van der Waals surface area contributed by atoms with Crippen LogP contribution in [-0.2, 0) is 51.7 Å². The van der Waals surface area contributed by atoms with Crippen LogP contribution in [0, 0.1) is 0 Å². The van der Waals surface area contributed by atoms with Crippen molar-refractivity contribution in [3.8, 4) is 0 Å². The average molecular weight is 507 g/mol. The van der Waals surface area contributed by atoms with Gasteiger partial charge in [-0.15, -0.1) is 5.10 Å². The Morgan fingerprint density at radius 3 is 2.35 bits per heavy atom. The van der Waals surface area contributed by atoms with Gasteiger partial charge in [-0.3, -0.25) is 0 Å². The number of ether oxygens (including phenoxy) is 2. The predicted molar refractivity (Wildman–Crippen MR) is 136 cm³/mol. The van der Waals surface area contributed by atoms with Gasteiger partial charge in [0.1, 0.15) is 6.73 Å². The Labute approximate surface area is 204 Å². The van der Waals surface area contributed by atoms with Gasteiger partial charge in [-0.2, -0.15) is 4.98 Å². The van der Waals surface area contributed by atoms with Crippen LogP contribution in [0.1, 0.15) is 41.5 Å². The molecule has 34 heavy (non-hydrogen) atoms. The molecule has 0 radical (unpaired) electrons. The summed E-state index contributed by atoms with van der Waals surface area (Å²) in [7, 11) is -3.28. The maximum Gasteiger partial charge on any atom is 0.268 e. The van der Waals surface area contributed by atoms with Gasteiger partial charge >= 0.3 is 0 Å². The van der Waals surface area contributed by atoms with E-state index in [1.807, 2.05) is 0 Å². The van der Waals surface area contributed by atoms with Crippen molar-refractivity contribution in [3.05, 3.63) is 28.3 Å². The molecule has 0 amide bonds. The highest BCUT2D eigenvalue weighted by Crippen LogP contribution is 2.39. The number of benzene rings is 1. The minimum absolute atomic E-state index is 0.0447. The van der Waals surface area contributed by atoms with Crippen LogP contribution >= 0.6 is 0 Å².